The smallest absolute Gasteiger partial charge is 0.416 e. The van der Waals surface area contributed by atoms with E-state index in [2.05, 4.69) is 10.3 Å². The van der Waals surface area contributed by atoms with Crippen LogP contribution in [0.4, 0.5) is 18.9 Å². The Balaban J connectivity index is 2.02. The lowest BCUT2D eigenvalue weighted by molar-refractivity contribution is -0.137. The first kappa shape index (κ1) is 18.4. The highest BCUT2D eigenvalue weighted by Crippen LogP contribution is 2.40. The van der Waals surface area contributed by atoms with E-state index in [1.165, 1.54) is 36.2 Å². The fourth-order valence-corrected chi connectivity index (χ4v) is 3.64. The third-order valence-electron chi connectivity index (χ3n) is 4.08. The zero-order chi connectivity index (χ0) is 18.9. The topological polar surface area (TPSA) is 80.6 Å². The minimum atomic E-state index is -4.56. The molecule has 5 nitrogen and oxygen atoms in total. The van der Waals surface area contributed by atoms with Gasteiger partial charge in [-0.1, -0.05) is 11.8 Å². The Labute approximate surface area is 151 Å². The van der Waals surface area contributed by atoms with Crippen molar-refractivity contribution in [3.8, 4) is 0 Å². The van der Waals surface area contributed by atoms with Crippen LogP contribution in [0.15, 0.2) is 46.0 Å². The van der Waals surface area contributed by atoms with E-state index in [4.69, 9.17) is 10.2 Å². The molecular formula is C17H16F3N3O2S. The summed E-state index contributed by atoms with van der Waals surface area (Å²) in [5.41, 5.74) is 4.37. The number of anilines is 1. The predicted molar refractivity (Wildman–Crippen MR) is 94.2 cm³/mol. The van der Waals surface area contributed by atoms with E-state index in [-0.39, 0.29) is 11.4 Å². The molecule has 2 aromatic rings. The Kier molecular flexibility index (Phi) is 4.74. The number of thioether (sulfide) groups is 1. The van der Waals surface area contributed by atoms with Gasteiger partial charge in [0, 0.05) is 11.4 Å². The van der Waals surface area contributed by atoms with Gasteiger partial charge in [0.05, 0.1) is 17.4 Å². The van der Waals surface area contributed by atoms with E-state index >= 15 is 0 Å². The van der Waals surface area contributed by atoms with Gasteiger partial charge >= 0.3 is 6.18 Å². The number of halogens is 3. The fraction of sp³-hybridized carbons (Fsp3) is 0.294. The molecule has 1 aromatic heterocycles. The standard InChI is InChI=1S/C17H16F3N3O2S/c1-16(4-6-26-15(21)23-16)10-7-11(17(18,19)20)9-12(8-10)22-14(24)13-3-2-5-25-13/h2-3,5,7-9H,4,6H2,1H3,(H2,21,23)(H,22,24). The van der Waals surface area contributed by atoms with Crippen molar-refractivity contribution in [1.29, 1.82) is 0 Å². The maximum atomic E-state index is 13.3. The van der Waals surface area contributed by atoms with Gasteiger partial charge in [-0.05, 0) is 49.2 Å². The Morgan fingerprint density at radius 1 is 1.38 bits per heavy atom. The fourth-order valence-electron chi connectivity index (χ4n) is 2.67. The summed E-state index contributed by atoms with van der Waals surface area (Å²) in [4.78, 5) is 16.5. The first-order valence-electron chi connectivity index (χ1n) is 7.73. The molecule has 3 N–H and O–H groups in total. The minimum absolute atomic E-state index is 0.00602. The van der Waals surface area contributed by atoms with Crippen molar-refractivity contribution in [2.24, 2.45) is 10.7 Å². The van der Waals surface area contributed by atoms with Crippen molar-refractivity contribution >= 4 is 28.5 Å². The van der Waals surface area contributed by atoms with Crippen LogP contribution in [0.25, 0.3) is 0 Å². The largest absolute Gasteiger partial charge is 0.459 e. The quantitative estimate of drug-likeness (QED) is 0.832. The third kappa shape index (κ3) is 3.87. The van der Waals surface area contributed by atoms with Crippen molar-refractivity contribution in [3.05, 3.63) is 53.5 Å². The zero-order valence-electron chi connectivity index (χ0n) is 13.8. The monoisotopic (exact) mass is 383 g/mol. The molecule has 1 unspecified atom stereocenters. The SMILES string of the molecule is CC1(c2cc(NC(=O)c3ccco3)cc(C(F)(F)F)c2)CCSC(N)=N1. The average Bonchev–Trinajstić information content (AvgIpc) is 3.08. The average molecular weight is 383 g/mol. The molecule has 9 heteroatoms. The Morgan fingerprint density at radius 3 is 2.77 bits per heavy atom. The molecule has 1 aliphatic heterocycles. The molecule has 0 bridgehead atoms. The van der Waals surface area contributed by atoms with Crippen LogP contribution in [0.2, 0.25) is 0 Å². The van der Waals surface area contributed by atoms with Gasteiger partial charge in [-0.15, -0.1) is 0 Å². The highest BCUT2D eigenvalue weighted by Gasteiger charge is 2.35. The third-order valence-corrected chi connectivity index (χ3v) is 4.88. The number of amidine groups is 1. The predicted octanol–water partition coefficient (Wildman–Crippen LogP) is 4.22. The van der Waals surface area contributed by atoms with Crippen molar-refractivity contribution in [3.63, 3.8) is 0 Å². The van der Waals surface area contributed by atoms with E-state index < -0.39 is 23.2 Å². The van der Waals surface area contributed by atoms with E-state index in [1.54, 1.807) is 6.92 Å². The highest BCUT2D eigenvalue weighted by molar-refractivity contribution is 8.13. The minimum Gasteiger partial charge on any atom is -0.459 e. The molecule has 2 heterocycles. The van der Waals surface area contributed by atoms with Gasteiger partial charge < -0.3 is 15.5 Å². The molecule has 0 radical (unpaired) electrons. The van der Waals surface area contributed by atoms with Gasteiger partial charge in [0.1, 0.15) is 0 Å². The van der Waals surface area contributed by atoms with E-state index in [0.29, 0.717) is 22.9 Å². The lowest BCUT2D eigenvalue weighted by Crippen LogP contribution is -2.29. The molecule has 0 spiro atoms. The number of hydrogen-bond donors (Lipinski definition) is 2. The second-order valence-corrected chi connectivity index (χ2v) is 7.17. The Morgan fingerprint density at radius 2 is 2.15 bits per heavy atom. The van der Waals surface area contributed by atoms with E-state index in [9.17, 15) is 18.0 Å². The summed E-state index contributed by atoms with van der Waals surface area (Å²) in [5.74, 6) is 0.0232. The first-order chi connectivity index (χ1) is 12.2. The molecule has 26 heavy (non-hydrogen) atoms. The van der Waals surface area contributed by atoms with Gasteiger partial charge in [0.2, 0.25) is 0 Å². The summed E-state index contributed by atoms with van der Waals surface area (Å²) in [6, 6.07) is 6.37. The van der Waals surface area contributed by atoms with Crippen molar-refractivity contribution < 1.29 is 22.4 Å². The van der Waals surface area contributed by atoms with Crippen LogP contribution in [0, 0.1) is 0 Å². The normalized spacial score (nSPS) is 20.5. The molecular weight excluding hydrogens is 367 g/mol. The number of nitrogens with one attached hydrogen (secondary N) is 1. The molecule has 1 aromatic carbocycles. The lowest BCUT2D eigenvalue weighted by Gasteiger charge is -2.30. The van der Waals surface area contributed by atoms with Crippen LogP contribution in [-0.4, -0.2) is 16.8 Å². The number of hydrogen-bond acceptors (Lipinski definition) is 5. The van der Waals surface area contributed by atoms with Gasteiger partial charge in [-0.2, -0.15) is 13.2 Å². The van der Waals surface area contributed by atoms with E-state index in [0.717, 1.165) is 12.1 Å². The second kappa shape index (κ2) is 6.71. The highest BCUT2D eigenvalue weighted by atomic mass is 32.2. The molecule has 0 aliphatic carbocycles. The van der Waals surface area contributed by atoms with Gasteiger partial charge in [0.25, 0.3) is 5.91 Å². The summed E-state index contributed by atoms with van der Waals surface area (Å²) in [5, 5.41) is 2.78. The van der Waals surface area contributed by atoms with Crippen LogP contribution < -0.4 is 11.1 Å². The zero-order valence-corrected chi connectivity index (χ0v) is 14.6. The molecule has 1 amide bonds. The first-order valence-corrected chi connectivity index (χ1v) is 8.72. The number of alkyl halides is 3. The number of carbonyl (C=O) groups is 1. The van der Waals surface area contributed by atoms with Crippen LogP contribution in [-0.2, 0) is 11.7 Å². The van der Waals surface area contributed by atoms with Crippen molar-refractivity contribution in [2.75, 3.05) is 11.1 Å². The number of carbonyl (C=O) groups excluding carboxylic acids is 1. The number of rotatable bonds is 3. The maximum Gasteiger partial charge on any atom is 0.416 e. The molecule has 0 saturated carbocycles. The summed E-state index contributed by atoms with van der Waals surface area (Å²) in [7, 11) is 0. The summed E-state index contributed by atoms with van der Waals surface area (Å²) in [6.07, 6.45) is -2.72. The molecule has 1 atom stereocenters. The number of furan rings is 1. The molecule has 0 saturated heterocycles. The summed E-state index contributed by atoms with van der Waals surface area (Å²) in [6.45, 7) is 1.73. The van der Waals surface area contributed by atoms with Crippen molar-refractivity contribution in [2.45, 2.75) is 25.1 Å². The molecule has 1 aliphatic rings. The lowest BCUT2D eigenvalue weighted by atomic mass is 9.88. The molecule has 3 rings (SSSR count). The van der Waals surface area contributed by atoms with Gasteiger partial charge in [0.15, 0.2) is 10.9 Å². The number of nitrogens with zero attached hydrogens (tertiary/aromatic N) is 1. The van der Waals surface area contributed by atoms with Crippen LogP contribution >= 0.6 is 11.8 Å². The van der Waals surface area contributed by atoms with Crippen LogP contribution in [0.3, 0.4) is 0 Å². The Bertz CT molecular complexity index is 849. The van der Waals surface area contributed by atoms with Crippen LogP contribution in [0.5, 0.6) is 0 Å². The molecule has 0 fully saturated rings. The van der Waals surface area contributed by atoms with Gasteiger partial charge in [-0.3, -0.25) is 9.79 Å². The van der Waals surface area contributed by atoms with Crippen LogP contribution in [0.1, 0.15) is 35.0 Å². The number of aliphatic imine (C=N–C) groups is 1. The van der Waals surface area contributed by atoms with E-state index in [1.807, 2.05) is 0 Å². The number of nitrogens with two attached hydrogens (primary N) is 1. The summed E-state index contributed by atoms with van der Waals surface area (Å²) < 4.78 is 45.0. The number of benzene rings is 1. The summed E-state index contributed by atoms with van der Waals surface area (Å²) >= 11 is 1.36. The second-order valence-electron chi connectivity index (χ2n) is 6.05. The number of amides is 1. The van der Waals surface area contributed by atoms with Gasteiger partial charge in [-0.25, -0.2) is 0 Å². The Hall–Kier alpha value is -2.42. The maximum absolute atomic E-state index is 13.3. The van der Waals surface area contributed by atoms with Crippen molar-refractivity contribution in [1.82, 2.24) is 0 Å². The molecule has 138 valence electrons.